The van der Waals surface area contributed by atoms with Gasteiger partial charge in [-0.15, -0.1) is 0 Å². The molecule has 3 aliphatic rings. The van der Waals surface area contributed by atoms with E-state index in [1.54, 1.807) is 42.6 Å². The number of amides is 5. The molecule has 5 amide bonds. The molecule has 2 bridgehead atoms. The predicted octanol–water partition coefficient (Wildman–Crippen LogP) is 0.454. The Bertz CT molecular complexity index is 1280. The number of rotatable bonds is 4. The van der Waals surface area contributed by atoms with Gasteiger partial charge in [0, 0.05) is 19.2 Å². The summed E-state index contributed by atoms with van der Waals surface area (Å²) >= 11 is 0. The van der Waals surface area contributed by atoms with Crippen molar-refractivity contribution in [1.82, 2.24) is 31.2 Å². The highest BCUT2D eigenvalue weighted by atomic mass is 16.5. The first-order valence-corrected chi connectivity index (χ1v) is 14.2. The van der Waals surface area contributed by atoms with Crippen molar-refractivity contribution in [2.24, 2.45) is 5.92 Å². The molecule has 4 N–H and O–H groups in total. The van der Waals surface area contributed by atoms with Crippen LogP contribution in [0, 0.1) is 5.92 Å². The topological polar surface area (TPSA) is 159 Å². The molecule has 4 heterocycles. The lowest BCUT2D eigenvalue weighted by molar-refractivity contribution is -0.143. The van der Waals surface area contributed by atoms with Crippen molar-refractivity contribution in [3.05, 3.63) is 59.9 Å². The summed E-state index contributed by atoms with van der Waals surface area (Å²) in [5.41, 5.74) is 1.40. The van der Waals surface area contributed by atoms with Crippen molar-refractivity contribution < 1.29 is 28.7 Å². The molecular weight excluding hydrogens is 540 g/mol. The van der Waals surface area contributed by atoms with E-state index in [0.29, 0.717) is 30.8 Å². The van der Waals surface area contributed by atoms with Gasteiger partial charge < -0.3 is 30.9 Å². The van der Waals surface area contributed by atoms with Gasteiger partial charge in [0.05, 0.1) is 12.2 Å². The molecule has 224 valence electrons. The fourth-order valence-electron chi connectivity index (χ4n) is 5.00. The van der Waals surface area contributed by atoms with Crippen molar-refractivity contribution in [2.45, 2.75) is 70.7 Å². The smallest absolute Gasteiger partial charge is 0.258 e. The third-order valence-corrected chi connectivity index (χ3v) is 7.38. The normalized spacial score (nSPS) is 24.0. The number of aromatic nitrogens is 1. The van der Waals surface area contributed by atoms with E-state index in [1.165, 1.54) is 11.8 Å². The lowest BCUT2D eigenvalue weighted by Gasteiger charge is -2.31. The highest BCUT2D eigenvalue weighted by molar-refractivity contribution is 5.96. The molecule has 1 saturated heterocycles. The molecule has 0 radical (unpaired) electrons. The maximum absolute atomic E-state index is 13.5. The minimum atomic E-state index is -0.973. The number of ether oxygens (including phenoxy) is 1. The molecule has 1 fully saturated rings. The zero-order chi connectivity index (χ0) is 30.2. The Kier molecular flexibility index (Phi) is 10.1. The standard InChI is InChI=1S/C30H38N6O6/c1-18(2)26-30(41)36-14-6-8-24(36)29(40)33-19(3)27(38)34-23(28(39)32-16-21-7-4-5-13-31-21)15-20-9-11-22(12-10-20)42-17-25(37)35-26/h4-5,7,9-13,18-19,23-24,26H,6,8,14-17H2,1-3H3,(H,32,39)(H,33,40)(H,34,38)(H,35,37)/t19-,23-,24+,26-/m0/s1. The van der Waals surface area contributed by atoms with E-state index in [9.17, 15) is 24.0 Å². The minimum Gasteiger partial charge on any atom is -0.484 e. The van der Waals surface area contributed by atoms with E-state index in [-0.39, 0.29) is 31.4 Å². The van der Waals surface area contributed by atoms with E-state index in [0.717, 1.165) is 5.56 Å². The first-order valence-electron chi connectivity index (χ1n) is 14.2. The molecule has 3 aliphatic heterocycles. The molecule has 4 atom stereocenters. The number of pyridine rings is 1. The van der Waals surface area contributed by atoms with Gasteiger partial charge in [-0.1, -0.05) is 32.0 Å². The fourth-order valence-corrected chi connectivity index (χ4v) is 5.00. The van der Waals surface area contributed by atoms with Crippen LogP contribution in [-0.4, -0.2) is 76.7 Å². The van der Waals surface area contributed by atoms with E-state index >= 15 is 0 Å². The summed E-state index contributed by atoms with van der Waals surface area (Å²) in [6.07, 6.45) is 2.84. The number of carbonyl (C=O) groups excluding carboxylic acids is 5. The van der Waals surface area contributed by atoms with E-state index in [4.69, 9.17) is 4.74 Å². The number of hydrogen-bond donors (Lipinski definition) is 4. The molecule has 0 aliphatic carbocycles. The summed E-state index contributed by atoms with van der Waals surface area (Å²) in [5.74, 6) is -2.04. The molecule has 12 heteroatoms. The van der Waals surface area contributed by atoms with Crippen LogP contribution in [0.15, 0.2) is 48.7 Å². The average Bonchev–Trinajstić information content (AvgIpc) is 3.48. The quantitative estimate of drug-likeness (QED) is 0.410. The van der Waals surface area contributed by atoms with E-state index < -0.39 is 47.8 Å². The van der Waals surface area contributed by atoms with Crippen molar-refractivity contribution in [1.29, 1.82) is 0 Å². The lowest BCUT2D eigenvalue weighted by atomic mass is 10.0. The van der Waals surface area contributed by atoms with Crippen molar-refractivity contribution >= 4 is 29.5 Å². The van der Waals surface area contributed by atoms with Gasteiger partial charge in [-0.2, -0.15) is 0 Å². The van der Waals surface area contributed by atoms with Gasteiger partial charge in [-0.25, -0.2) is 0 Å². The Morgan fingerprint density at radius 1 is 1.05 bits per heavy atom. The molecule has 0 saturated carbocycles. The first-order chi connectivity index (χ1) is 20.1. The number of nitrogens with zero attached hydrogens (tertiary/aromatic N) is 2. The maximum Gasteiger partial charge on any atom is 0.258 e. The van der Waals surface area contributed by atoms with E-state index in [2.05, 4.69) is 26.3 Å². The third-order valence-electron chi connectivity index (χ3n) is 7.38. The van der Waals surface area contributed by atoms with Crippen molar-refractivity contribution in [3.63, 3.8) is 0 Å². The molecule has 1 aromatic heterocycles. The van der Waals surface area contributed by atoms with Crippen LogP contribution in [0.1, 0.15) is 44.9 Å². The molecule has 0 spiro atoms. The predicted molar refractivity (Wildman–Crippen MR) is 153 cm³/mol. The summed E-state index contributed by atoms with van der Waals surface area (Å²) in [7, 11) is 0. The molecule has 0 unspecified atom stereocenters. The van der Waals surface area contributed by atoms with Crippen LogP contribution in [0.3, 0.4) is 0 Å². The van der Waals surface area contributed by atoms with Crippen LogP contribution in [-0.2, 0) is 36.9 Å². The zero-order valence-electron chi connectivity index (χ0n) is 24.1. The zero-order valence-corrected chi connectivity index (χ0v) is 24.1. The highest BCUT2D eigenvalue weighted by Crippen LogP contribution is 2.21. The van der Waals surface area contributed by atoms with Crippen LogP contribution in [0.25, 0.3) is 0 Å². The monoisotopic (exact) mass is 578 g/mol. The van der Waals surface area contributed by atoms with Crippen molar-refractivity contribution in [2.75, 3.05) is 13.2 Å². The van der Waals surface area contributed by atoms with Gasteiger partial charge in [0.1, 0.15) is 29.9 Å². The lowest BCUT2D eigenvalue weighted by Crippen LogP contribution is -2.58. The Balaban J connectivity index is 1.57. The van der Waals surface area contributed by atoms with Crippen LogP contribution in [0.5, 0.6) is 5.75 Å². The second-order valence-corrected chi connectivity index (χ2v) is 10.9. The fraction of sp³-hybridized carbons (Fsp3) is 0.467. The Morgan fingerprint density at radius 3 is 2.50 bits per heavy atom. The van der Waals surface area contributed by atoms with Crippen molar-refractivity contribution in [3.8, 4) is 5.75 Å². The van der Waals surface area contributed by atoms with Gasteiger partial charge >= 0.3 is 0 Å². The number of benzene rings is 1. The largest absolute Gasteiger partial charge is 0.484 e. The number of hydrogen-bond acceptors (Lipinski definition) is 7. The molecular formula is C30H38N6O6. The van der Waals surface area contributed by atoms with Gasteiger partial charge in [0.25, 0.3) is 5.91 Å². The summed E-state index contributed by atoms with van der Waals surface area (Å²) in [6.45, 7) is 5.40. The van der Waals surface area contributed by atoms with Crippen LogP contribution >= 0.6 is 0 Å². The molecule has 5 rings (SSSR count). The number of carbonyl (C=O) groups is 5. The second kappa shape index (κ2) is 13.9. The second-order valence-electron chi connectivity index (χ2n) is 10.9. The summed E-state index contributed by atoms with van der Waals surface area (Å²) in [5, 5.41) is 11.0. The highest BCUT2D eigenvalue weighted by Gasteiger charge is 2.39. The first kappa shape index (κ1) is 30.5. The van der Waals surface area contributed by atoms with Gasteiger partial charge in [-0.3, -0.25) is 29.0 Å². The summed E-state index contributed by atoms with van der Waals surface area (Å²) < 4.78 is 5.64. The molecule has 42 heavy (non-hydrogen) atoms. The Hall–Kier alpha value is -4.48. The van der Waals surface area contributed by atoms with Crippen LogP contribution in [0.2, 0.25) is 0 Å². The SMILES string of the molecule is CC(C)[C@@H]1NC(=O)COc2ccc(cc2)C[C@@H](C(=O)NCc2ccccn2)NC(=O)[C@H](C)NC(=O)[C@H]2CCCN2C1=O. The molecule has 12 nitrogen and oxygen atoms in total. The Morgan fingerprint density at radius 2 is 1.81 bits per heavy atom. The maximum atomic E-state index is 13.5. The minimum absolute atomic E-state index is 0.169. The number of nitrogens with one attached hydrogen (secondary N) is 4. The average molecular weight is 579 g/mol. The summed E-state index contributed by atoms with van der Waals surface area (Å²) in [6, 6.07) is 8.65. The van der Waals surface area contributed by atoms with Crippen LogP contribution in [0.4, 0.5) is 0 Å². The molecule has 2 aromatic rings. The van der Waals surface area contributed by atoms with Gasteiger partial charge in [0.15, 0.2) is 6.61 Å². The van der Waals surface area contributed by atoms with Gasteiger partial charge in [-0.05, 0) is 55.5 Å². The third kappa shape index (κ3) is 7.83. The molecule has 1 aromatic carbocycles. The van der Waals surface area contributed by atoms with Gasteiger partial charge in [0.2, 0.25) is 23.6 Å². The summed E-state index contributed by atoms with van der Waals surface area (Å²) in [4.78, 5) is 71.6. The van der Waals surface area contributed by atoms with Crippen LogP contribution < -0.4 is 26.0 Å². The Labute approximate surface area is 245 Å². The number of fused-ring (bicyclic) bond motifs is 13. The van der Waals surface area contributed by atoms with E-state index in [1.807, 2.05) is 19.9 Å².